The Morgan fingerprint density at radius 3 is 2.69 bits per heavy atom. The summed E-state index contributed by atoms with van der Waals surface area (Å²) in [5.74, 6) is 0. The van der Waals surface area contributed by atoms with Gasteiger partial charge in [-0.1, -0.05) is 23.8 Å². The van der Waals surface area contributed by atoms with Crippen molar-refractivity contribution in [3.05, 3.63) is 34.9 Å². The van der Waals surface area contributed by atoms with E-state index in [-0.39, 0.29) is 6.04 Å². The zero-order chi connectivity index (χ0) is 12.0. The molecular weight excluding hydrogens is 202 g/mol. The Hall–Kier alpha value is -0.900. The molecule has 1 atom stereocenters. The lowest BCUT2D eigenvalue weighted by Crippen LogP contribution is -2.19. The van der Waals surface area contributed by atoms with Crippen LogP contribution < -0.4 is 5.73 Å². The van der Waals surface area contributed by atoms with Crippen molar-refractivity contribution in [1.82, 2.24) is 0 Å². The van der Waals surface area contributed by atoms with E-state index in [0.29, 0.717) is 19.8 Å². The third kappa shape index (κ3) is 3.93. The minimum absolute atomic E-state index is 0.0586. The summed E-state index contributed by atoms with van der Waals surface area (Å²) in [4.78, 5) is 0. The molecule has 90 valence electrons. The van der Waals surface area contributed by atoms with E-state index in [1.807, 2.05) is 0 Å². The van der Waals surface area contributed by atoms with Crippen LogP contribution in [-0.4, -0.2) is 26.9 Å². The Balaban J connectivity index is 2.51. The normalized spacial score (nSPS) is 12.8. The Bertz CT molecular complexity index is 326. The van der Waals surface area contributed by atoms with E-state index in [4.69, 9.17) is 15.2 Å². The average molecular weight is 223 g/mol. The van der Waals surface area contributed by atoms with Crippen LogP contribution in [0.15, 0.2) is 18.2 Å². The van der Waals surface area contributed by atoms with Crippen molar-refractivity contribution in [2.24, 2.45) is 5.73 Å². The molecule has 16 heavy (non-hydrogen) atoms. The summed E-state index contributed by atoms with van der Waals surface area (Å²) in [6.45, 7) is 5.88. The first-order valence-corrected chi connectivity index (χ1v) is 5.54. The van der Waals surface area contributed by atoms with Crippen molar-refractivity contribution < 1.29 is 9.47 Å². The molecule has 0 aliphatic heterocycles. The van der Waals surface area contributed by atoms with Gasteiger partial charge >= 0.3 is 0 Å². The lowest BCUT2D eigenvalue weighted by molar-refractivity contribution is 0.0635. The maximum Gasteiger partial charge on any atom is 0.0701 e. The number of methoxy groups -OCH3 is 1. The van der Waals surface area contributed by atoms with Gasteiger partial charge in [-0.25, -0.2) is 0 Å². The van der Waals surface area contributed by atoms with Crippen LogP contribution in [-0.2, 0) is 9.47 Å². The first kappa shape index (κ1) is 13.2. The van der Waals surface area contributed by atoms with E-state index in [2.05, 4.69) is 32.0 Å². The molecule has 1 aromatic rings. The predicted octanol–water partition coefficient (Wildman–Crippen LogP) is 1.97. The van der Waals surface area contributed by atoms with Crippen LogP contribution in [0.25, 0.3) is 0 Å². The first-order valence-electron chi connectivity index (χ1n) is 5.54. The Labute approximate surface area is 97.6 Å². The second-order valence-corrected chi connectivity index (χ2v) is 4.03. The van der Waals surface area contributed by atoms with Crippen molar-refractivity contribution >= 4 is 0 Å². The van der Waals surface area contributed by atoms with Crippen LogP contribution in [0.2, 0.25) is 0 Å². The molecule has 0 aromatic heterocycles. The highest BCUT2D eigenvalue weighted by Gasteiger charge is 2.09. The van der Waals surface area contributed by atoms with E-state index in [1.54, 1.807) is 7.11 Å². The lowest BCUT2D eigenvalue weighted by atomic mass is 10.00. The van der Waals surface area contributed by atoms with Crippen molar-refractivity contribution in [1.29, 1.82) is 0 Å². The summed E-state index contributed by atoms with van der Waals surface area (Å²) in [6, 6.07) is 6.26. The van der Waals surface area contributed by atoms with E-state index in [0.717, 1.165) is 5.56 Å². The van der Waals surface area contributed by atoms with Gasteiger partial charge in [0, 0.05) is 7.11 Å². The van der Waals surface area contributed by atoms with E-state index >= 15 is 0 Å². The summed E-state index contributed by atoms with van der Waals surface area (Å²) in [5, 5.41) is 0. The molecule has 0 aliphatic carbocycles. The van der Waals surface area contributed by atoms with Gasteiger partial charge in [-0.3, -0.25) is 0 Å². The Kier molecular flexibility index (Phi) is 5.46. The molecule has 1 unspecified atom stereocenters. The molecule has 0 fully saturated rings. The highest BCUT2D eigenvalue weighted by atomic mass is 16.5. The van der Waals surface area contributed by atoms with Crippen LogP contribution in [0.4, 0.5) is 0 Å². The molecule has 1 aromatic carbocycles. The number of benzene rings is 1. The molecule has 0 radical (unpaired) electrons. The van der Waals surface area contributed by atoms with Crippen molar-refractivity contribution in [3.8, 4) is 0 Å². The predicted molar refractivity (Wildman–Crippen MR) is 65.5 cm³/mol. The van der Waals surface area contributed by atoms with Gasteiger partial charge in [0.25, 0.3) is 0 Å². The van der Waals surface area contributed by atoms with E-state index in [1.165, 1.54) is 11.1 Å². The summed E-state index contributed by atoms with van der Waals surface area (Å²) in [6.07, 6.45) is 0. The minimum atomic E-state index is -0.0586. The standard InChI is InChI=1S/C13H21NO2/c1-10-4-5-11(2)12(8-10)13(14)9-16-7-6-15-3/h4-5,8,13H,6-7,9,14H2,1-3H3. The zero-order valence-electron chi connectivity index (χ0n) is 10.3. The van der Waals surface area contributed by atoms with Crippen LogP contribution in [0.3, 0.4) is 0 Å². The fourth-order valence-electron chi connectivity index (χ4n) is 1.60. The van der Waals surface area contributed by atoms with Crippen molar-refractivity contribution in [2.45, 2.75) is 19.9 Å². The smallest absolute Gasteiger partial charge is 0.0701 e. The lowest BCUT2D eigenvalue weighted by Gasteiger charge is -2.15. The summed E-state index contributed by atoms with van der Waals surface area (Å²) < 4.78 is 10.3. The molecule has 3 nitrogen and oxygen atoms in total. The van der Waals surface area contributed by atoms with Gasteiger partial charge in [0.2, 0.25) is 0 Å². The van der Waals surface area contributed by atoms with Gasteiger partial charge in [0.15, 0.2) is 0 Å². The van der Waals surface area contributed by atoms with Crippen LogP contribution in [0, 0.1) is 13.8 Å². The van der Waals surface area contributed by atoms with Gasteiger partial charge in [0.05, 0.1) is 25.9 Å². The monoisotopic (exact) mass is 223 g/mol. The zero-order valence-corrected chi connectivity index (χ0v) is 10.3. The van der Waals surface area contributed by atoms with Crippen molar-refractivity contribution in [2.75, 3.05) is 26.9 Å². The van der Waals surface area contributed by atoms with Gasteiger partial charge in [-0.15, -0.1) is 0 Å². The third-order valence-electron chi connectivity index (χ3n) is 2.56. The molecule has 0 bridgehead atoms. The van der Waals surface area contributed by atoms with E-state index in [9.17, 15) is 0 Å². The molecule has 2 N–H and O–H groups in total. The quantitative estimate of drug-likeness (QED) is 0.750. The van der Waals surface area contributed by atoms with Crippen molar-refractivity contribution in [3.63, 3.8) is 0 Å². The number of nitrogens with two attached hydrogens (primary N) is 1. The van der Waals surface area contributed by atoms with Gasteiger partial charge in [-0.2, -0.15) is 0 Å². The SMILES string of the molecule is COCCOCC(N)c1cc(C)ccc1C. The molecule has 0 heterocycles. The maximum absolute atomic E-state index is 6.08. The second-order valence-electron chi connectivity index (χ2n) is 4.03. The fourth-order valence-corrected chi connectivity index (χ4v) is 1.60. The summed E-state index contributed by atoms with van der Waals surface area (Å²) >= 11 is 0. The van der Waals surface area contributed by atoms with E-state index < -0.39 is 0 Å². The van der Waals surface area contributed by atoms with Crippen LogP contribution in [0.5, 0.6) is 0 Å². The molecule has 0 aliphatic rings. The highest BCUT2D eigenvalue weighted by molar-refractivity contribution is 5.32. The van der Waals surface area contributed by atoms with Crippen LogP contribution >= 0.6 is 0 Å². The summed E-state index contributed by atoms with van der Waals surface area (Å²) in [7, 11) is 1.66. The molecule has 3 heteroatoms. The van der Waals surface area contributed by atoms with Gasteiger partial charge < -0.3 is 15.2 Å². The Morgan fingerprint density at radius 2 is 2.00 bits per heavy atom. The molecule has 0 spiro atoms. The molecular formula is C13H21NO2. The molecule has 0 saturated carbocycles. The topological polar surface area (TPSA) is 44.5 Å². The fraction of sp³-hybridized carbons (Fsp3) is 0.538. The average Bonchev–Trinajstić information content (AvgIpc) is 2.27. The third-order valence-corrected chi connectivity index (χ3v) is 2.56. The summed E-state index contributed by atoms with van der Waals surface area (Å²) in [5.41, 5.74) is 9.69. The van der Waals surface area contributed by atoms with Gasteiger partial charge in [-0.05, 0) is 25.0 Å². The molecule has 1 rings (SSSR count). The first-order chi connectivity index (χ1) is 7.65. The largest absolute Gasteiger partial charge is 0.382 e. The Morgan fingerprint density at radius 1 is 1.25 bits per heavy atom. The number of hydrogen-bond acceptors (Lipinski definition) is 3. The molecule has 0 saturated heterocycles. The maximum atomic E-state index is 6.08. The highest BCUT2D eigenvalue weighted by Crippen LogP contribution is 2.17. The number of rotatable bonds is 6. The number of aryl methyl sites for hydroxylation is 2. The minimum Gasteiger partial charge on any atom is -0.382 e. The molecule has 0 amide bonds. The number of hydrogen-bond donors (Lipinski definition) is 1. The van der Waals surface area contributed by atoms with Gasteiger partial charge in [0.1, 0.15) is 0 Å². The number of ether oxygens (including phenoxy) is 2. The second kappa shape index (κ2) is 6.63. The van der Waals surface area contributed by atoms with Crippen LogP contribution in [0.1, 0.15) is 22.7 Å².